The van der Waals surface area contributed by atoms with E-state index in [0.717, 1.165) is 12.0 Å². The Balaban J connectivity index is 1.79. The van der Waals surface area contributed by atoms with Crippen molar-refractivity contribution in [1.29, 1.82) is 0 Å². The van der Waals surface area contributed by atoms with Crippen LogP contribution in [0.3, 0.4) is 0 Å². The first-order valence-corrected chi connectivity index (χ1v) is 8.31. The Hall–Kier alpha value is -2.67. The first-order chi connectivity index (χ1) is 12.0. The molecule has 1 aliphatic heterocycles. The van der Waals surface area contributed by atoms with Gasteiger partial charge in [0.1, 0.15) is 11.6 Å². The van der Waals surface area contributed by atoms with Gasteiger partial charge in [0.2, 0.25) is 0 Å². The van der Waals surface area contributed by atoms with Crippen molar-refractivity contribution < 1.29 is 9.53 Å². The van der Waals surface area contributed by atoms with Gasteiger partial charge in [0.25, 0.3) is 11.5 Å². The van der Waals surface area contributed by atoms with Gasteiger partial charge in [0.15, 0.2) is 0 Å². The van der Waals surface area contributed by atoms with Crippen LogP contribution in [0.5, 0.6) is 5.75 Å². The number of rotatable bonds is 5. The molecule has 0 unspecified atom stereocenters. The molecule has 1 amide bonds. The lowest BCUT2D eigenvalue weighted by atomic mass is 10.1. The molecule has 2 heterocycles. The van der Waals surface area contributed by atoms with Gasteiger partial charge in [-0.25, -0.2) is 4.98 Å². The molecule has 1 aromatic carbocycles. The molecule has 0 atom stereocenters. The second kappa shape index (κ2) is 7.06. The number of aromatic nitrogens is 2. The predicted octanol–water partition coefficient (Wildman–Crippen LogP) is 1.27. The smallest absolute Gasteiger partial charge is 0.256 e. The number of carbonyl (C=O) groups is 1. The van der Waals surface area contributed by atoms with E-state index in [2.05, 4.69) is 9.97 Å². The van der Waals surface area contributed by atoms with E-state index >= 15 is 0 Å². The molecule has 7 heteroatoms. The number of ether oxygens (including phenoxy) is 1. The van der Waals surface area contributed by atoms with Crippen LogP contribution in [0.1, 0.15) is 39.4 Å². The van der Waals surface area contributed by atoms with E-state index in [9.17, 15) is 9.59 Å². The molecular weight excluding hydrogens is 320 g/mol. The van der Waals surface area contributed by atoms with Crippen LogP contribution in [-0.4, -0.2) is 33.9 Å². The lowest BCUT2D eigenvalue weighted by molar-refractivity contribution is 0.0749. The quantitative estimate of drug-likeness (QED) is 0.797. The minimum atomic E-state index is -0.174. The summed E-state index contributed by atoms with van der Waals surface area (Å²) in [5.74, 6) is 1.10. The summed E-state index contributed by atoms with van der Waals surface area (Å²) in [7, 11) is 0. The van der Waals surface area contributed by atoms with Gasteiger partial charge < -0.3 is 20.4 Å². The van der Waals surface area contributed by atoms with Gasteiger partial charge >= 0.3 is 0 Å². The summed E-state index contributed by atoms with van der Waals surface area (Å²) in [6.45, 7) is 5.36. The monoisotopic (exact) mass is 342 g/mol. The number of hydrogen-bond acceptors (Lipinski definition) is 5. The van der Waals surface area contributed by atoms with Crippen molar-refractivity contribution in [3.8, 4) is 5.75 Å². The molecule has 132 valence electrons. The van der Waals surface area contributed by atoms with Crippen LogP contribution < -0.4 is 16.0 Å². The second-order valence-electron chi connectivity index (χ2n) is 6.21. The standard InChI is InChI=1S/C18H22N4O3/c1-11-4-5-13(8-16(11)25-7-3-6-19)18(24)22-9-14-15(10-22)20-12(2)21-17(14)23/h4-5,8H,3,6-7,9-10,19H2,1-2H3,(H,20,21,23). The third-order valence-electron chi connectivity index (χ3n) is 4.24. The molecule has 7 nitrogen and oxygen atoms in total. The van der Waals surface area contributed by atoms with E-state index < -0.39 is 0 Å². The number of fused-ring (bicyclic) bond motifs is 1. The molecule has 0 radical (unpaired) electrons. The van der Waals surface area contributed by atoms with Gasteiger partial charge in [0, 0.05) is 5.56 Å². The van der Waals surface area contributed by atoms with Crippen LogP contribution >= 0.6 is 0 Å². The van der Waals surface area contributed by atoms with Crippen LogP contribution in [0.4, 0.5) is 0 Å². The molecule has 0 saturated heterocycles. The van der Waals surface area contributed by atoms with E-state index in [-0.39, 0.29) is 18.0 Å². The zero-order chi connectivity index (χ0) is 18.0. The Morgan fingerprint density at radius 3 is 2.92 bits per heavy atom. The minimum Gasteiger partial charge on any atom is -0.493 e. The Bertz CT molecular complexity index is 860. The van der Waals surface area contributed by atoms with Crippen molar-refractivity contribution in [3.05, 3.63) is 56.8 Å². The fourth-order valence-electron chi connectivity index (χ4n) is 2.87. The second-order valence-corrected chi connectivity index (χ2v) is 6.21. The van der Waals surface area contributed by atoms with Crippen LogP contribution in [0.2, 0.25) is 0 Å². The van der Waals surface area contributed by atoms with Crippen molar-refractivity contribution in [2.75, 3.05) is 13.2 Å². The van der Waals surface area contributed by atoms with Gasteiger partial charge in [-0.15, -0.1) is 0 Å². The maximum Gasteiger partial charge on any atom is 0.256 e. The van der Waals surface area contributed by atoms with Gasteiger partial charge in [-0.1, -0.05) is 6.07 Å². The van der Waals surface area contributed by atoms with Crippen LogP contribution in [0, 0.1) is 13.8 Å². The highest BCUT2D eigenvalue weighted by Gasteiger charge is 2.28. The molecule has 0 saturated carbocycles. The molecule has 0 fully saturated rings. The average Bonchev–Trinajstić information content (AvgIpc) is 3.00. The van der Waals surface area contributed by atoms with E-state index in [1.54, 1.807) is 24.0 Å². The first kappa shape index (κ1) is 17.2. The fraction of sp³-hybridized carbons (Fsp3) is 0.389. The third-order valence-corrected chi connectivity index (χ3v) is 4.24. The van der Waals surface area contributed by atoms with Crippen molar-refractivity contribution in [2.45, 2.75) is 33.4 Å². The average molecular weight is 342 g/mol. The van der Waals surface area contributed by atoms with Gasteiger partial charge in [-0.2, -0.15) is 0 Å². The molecule has 2 aromatic rings. The lowest BCUT2D eigenvalue weighted by Crippen LogP contribution is -2.26. The number of nitrogens with one attached hydrogen (secondary N) is 1. The largest absolute Gasteiger partial charge is 0.493 e. The molecule has 0 spiro atoms. The van der Waals surface area contributed by atoms with Crippen LogP contribution in [-0.2, 0) is 13.1 Å². The third kappa shape index (κ3) is 3.56. The molecule has 25 heavy (non-hydrogen) atoms. The highest BCUT2D eigenvalue weighted by molar-refractivity contribution is 5.95. The van der Waals surface area contributed by atoms with E-state index in [1.165, 1.54) is 0 Å². The number of amides is 1. The topological polar surface area (TPSA) is 101 Å². The Labute approximate surface area is 145 Å². The molecule has 3 N–H and O–H groups in total. The van der Waals surface area contributed by atoms with Gasteiger partial charge in [0.05, 0.1) is 31.0 Å². The van der Waals surface area contributed by atoms with Crippen LogP contribution in [0.15, 0.2) is 23.0 Å². The molecule has 3 rings (SSSR count). The molecule has 1 aromatic heterocycles. The number of carbonyl (C=O) groups excluding carboxylic acids is 1. The summed E-state index contributed by atoms with van der Waals surface area (Å²) in [5.41, 5.74) is 8.04. The number of hydrogen-bond donors (Lipinski definition) is 2. The van der Waals surface area contributed by atoms with Crippen molar-refractivity contribution >= 4 is 5.91 Å². The summed E-state index contributed by atoms with van der Waals surface area (Å²) >= 11 is 0. The summed E-state index contributed by atoms with van der Waals surface area (Å²) < 4.78 is 5.71. The molecule has 1 aliphatic rings. The maximum absolute atomic E-state index is 12.8. The van der Waals surface area contributed by atoms with Gasteiger partial charge in [-0.3, -0.25) is 9.59 Å². The maximum atomic E-state index is 12.8. The SMILES string of the molecule is Cc1nc2c(c(=O)[nH]1)CN(C(=O)c1ccc(C)c(OCCCN)c1)C2. The molecule has 0 bridgehead atoms. The van der Waals surface area contributed by atoms with Crippen molar-refractivity contribution in [1.82, 2.24) is 14.9 Å². The fourth-order valence-corrected chi connectivity index (χ4v) is 2.87. The van der Waals surface area contributed by atoms with E-state index in [0.29, 0.717) is 48.1 Å². The lowest BCUT2D eigenvalue weighted by Gasteiger charge is -2.16. The van der Waals surface area contributed by atoms with Crippen molar-refractivity contribution in [3.63, 3.8) is 0 Å². The Morgan fingerprint density at radius 2 is 2.16 bits per heavy atom. The molecular formula is C18H22N4O3. The van der Waals surface area contributed by atoms with Crippen molar-refractivity contribution in [2.24, 2.45) is 5.73 Å². The summed E-state index contributed by atoms with van der Waals surface area (Å²) in [6.07, 6.45) is 0.757. The number of H-pyrrole nitrogens is 1. The molecule has 0 aliphatic carbocycles. The normalized spacial score (nSPS) is 13.0. The summed E-state index contributed by atoms with van der Waals surface area (Å²) in [5, 5.41) is 0. The number of benzene rings is 1. The highest BCUT2D eigenvalue weighted by Crippen LogP contribution is 2.24. The Kier molecular flexibility index (Phi) is 4.85. The van der Waals surface area contributed by atoms with E-state index in [1.807, 2.05) is 13.0 Å². The number of aromatic amines is 1. The summed E-state index contributed by atoms with van der Waals surface area (Å²) in [6, 6.07) is 5.39. The first-order valence-electron chi connectivity index (χ1n) is 8.31. The van der Waals surface area contributed by atoms with Gasteiger partial charge in [-0.05, 0) is 44.5 Å². The predicted molar refractivity (Wildman–Crippen MR) is 93.5 cm³/mol. The zero-order valence-electron chi connectivity index (χ0n) is 14.5. The minimum absolute atomic E-state index is 0.140. The highest BCUT2D eigenvalue weighted by atomic mass is 16.5. The number of nitrogens with zero attached hydrogens (tertiary/aromatic N) is 2. The number of aryl methyl sites for hydroxylation is 2. The Morgan fingerprint density at radius 1 is 1.36 bits per heavy atom. The zero-order valence-corrected chi connectivity index (χ0v) is 14.5. The van der Waals surface area contributed by atoms with E-state index in [4.69, 9.17) is 10.5 Å². The number of nitrogens with two attached hydrogens (primary N) is 1. The summed E-state index contributed by atoms with van der Waals surface area (Å²) in [4.78, 5) is 33.5. The van der Waals surface area contributed by atoms with Crippen LogP contribution in [0.25, 0.3) is 0 Å².